The molecule has 0 spiro atoms. The van der Waals surface area contributed by atoms with Crippen molar-refractivity contribution in [1.29, 1.82) is 0 Å². The Morgan fingerprint density at radius 3 is 2.06 bits per heavy atom. The number of ether oxygens (including phenoxy) is 2. The first-order chi connectivity index (χ1) is 15.8. The fourth-order valence-corrected chi connectivity index (χ4v) is 2.53. The molecule has 0 aromatic heterocycles. The monoisotopic (exact) mass is 464 g/mol. The first kappa shape index (κ1) is 23.4. The van der Waals surface area contributed by atoms with E-state index in [4.69, 9.17) is 4.74 Å². The lowest BCUT2D eigenvalue weighted by Gasteiger charge is -2.10. The smallest absolute Gasteiger partial charge is 0.428 e. The lowest BCUT2D eigenvalue weighted by molar-refractivity contribution is 0.0716. The summed E-state index contributed by atoms with van der Waals surface area (Å²) in [5.41, 5.74) is 2.47. The second kappa shape index (κ2) is 10.4. The molecule has 1 N–H and O–H groups in total. The van der Waals surface area contributed by atoms with Crippen molar-refractivity contribution in [2.45, 2.75) is 6.61 Å². The number of nitrogens with zero attached hydrogens (tertiary/aromatic N) is 1. The van der Waals surface area contributed by atoms with Crippen LogP contribution >= 0.6 is 0 Å². The predicted octanol–water partition coefficient (Wildman–Crippen LogP) is 4.86. The molecule has 0 saturated heterocycles. The topological polar surface area (TPSA) is 77.0 Å². The zero-order valence-electron chi connectivity index (χ0n) is 16.5. The third-order valence-corrected chi connectivity index (χ3v) is 4.12. The van der Waals surface area contributed by atoms with Crippen molar-refractivity contribution in [1.82, 2.24) is 5.43 Å². The molecule has 0 aliphatic rings. The van der Waals surface area contributed by atoms with E-state index in [2.05, 4.69) is 15.3 Å². The normalized spacial score (nSPS) is 10.8. The molecule has 33 heavy (non-hydrogen) atoms. The molecule has 3 aromatic carbocycles. The summed E-state index contributed by atoms with van der Waals surface area (Å²) in [4.78, 5) is 24.0. The molecule has 170 valence electrons. The zero-order chi connectivity index (χ0) is 24.0. The van der Waals surface area contributed by atoms with Gasteiger partial charge in [0.1, 0.15) is 6.61 Å². The van der Waals surface area contributed by atoms with Crippen molar-refractivity contribution in [2.75, 3.05) is 0 Å². The molecular weight excluding hydrogens is 451 g/mol. The number of esters is 1. The van der Waals surface area contributed by atoms with E-state index in [-0.39, 0.29) is 17.7 Å². The van der Waals surface area contributed by atoms with Crippen LogP contribution in [0.5, 0.6) is 5.75 Å². The third-order valence-electron chi connectivity index (χ3n) is 4.12. The van der Waals surface area contributed by atoms with E-state index in [0.29, 0.717) is 0 Å². The SMILES string of the molecule is O=C(NN=Cc1ccccc1C(=O)Oc1c(F)c(F)c(F)c(F)c1F)OCc1ccccc1. The van der Waals surface area contributed by atoms with Crippen LogP contribution in [0.3, 0.4) is 0 Å². The number of benzene rings is 3. The largest absolute Gasteiger partial charge is 0.443 e. The zero-order valence-corrected chi connectivity index (χ0v) is 16.5. The number of halogens is 5. The lowest BCUT2D eigenvalue weighted by atomic mass is 10.1. The standard InChI is InChI=1S/C22H13F5N2O4/c23-15-16(24)18(26)20(19(27)17(15)25)33-21(30)14-9-5-4-8-13(14)10-28-29-22(31)32-11-12-6-2-1-3-7-12/h1-10H,11H2,(H,29,31). The Kier molecular flexibility index (Phi) is 7.34. The first-order valence-corrected chi connectivity index (χ1v) is 9.12. The van der Waals surface area contributed by atoms with Crippen LogP contribution in [-0.2, 0) is 11.3 Å². The average Bonchev–Trinajstić information content (AvgIpc) is 2.83. The first-order valence-electron chi connectivity index (χ1n) is 9.12. The summed E-state index contributed by atoms with van der Waals surface area (Å²) < 4.78 is 76.7. The highest BCUT2D eigenvalue weighted by Gasteiger charge is 2.29. The van der Waals surface area contributed by atoms with Gasteiger partial charge < -0.3 is 9.47 Å². The molecule has 0 aliphatic heterocycles. The molecule has 6 nitrogen and oxygen atoms in total. The van der Waals surface area contributed by atoms with Crippen LogP contribution in [-0.4, -0.2) is 18.3 Å². The summed E-state index contributed by atoms with van der Waals surface area (Å²) >= 11 is 0. The molecule has 0 unspecified atom stereocenters. The van der Waals surface area contributed by atoms with E-state index in [9.17, 15) is 31.5 Å². The number of carbonyl (C=O) groups excluding carboxylic acids is 2. The van der Waals surface area contributed by atoms with Gasteiger partial charge in [0.05, 0.1) is 11.8 Å². The van der Waals surface area contributed by atoms with E-state index in [1.807, 2.05) is 0 Å². The number of carbonyl (C=O) groups is 2. The van der Waals surface area contributed by atoms with Gasteiger partial charge in [-0.2, -0.15) is 13.9 Å². The van der Waals surface area contributed by atoms with Crippen molar-refractivity contribution in [3.05, 3.63) is 100 Å². The van der Waals surface area contributed by atoms with E-state index < -0.39 is 46.9 Å². The molecule has 0 heterocycles. The molecule has 0 fully saturated rings. The molecule has 0 aliphatic carbocycles. The highest BCUT2D eigenvalue weighted by Crippen LogP contribution is 2.29. The van der Waals surface area contributed by atoms with Crippen molar-refractivity contribution in [3.8, 4) is 5.75 Å². The second-order valence-electron chi connectivity index (χ2n) is 6.31. The maximum Gasteiger partial charge on any atom is 0.428 e. The van der Waals surface area contributed by atoms with Crippen molar-refractivity contribution in [3.63, 3.8) is 0 Å². The predicted molar refractivity (Wildman–Crippen MR) is 105 cm³/mol. The minimum absolute atomic E-state index is 0.00901. The van der Waals surface area contributed by atoms with Crippen LogP contribution in [0, 0.1) is 29.1 Å². The quantitative estimate of drug-likeness (QED) is 0.108. The Morgan fingerprint density at radius 2 is 1.39 bits per heavy atom. The van der Waals surface area contributed by atoms with Gasteiger partial charge in [-0.3, -0.25) is 0 Å². The van der Waals surface area contributed by atoms with Crippen molar-refractivity contribution < 1.29 is 41.0 Å². The van der Waals surface area contributed by atoms with E-state index >= 15 is 0 Å². The number of rotatable bonds is 6. The Hall–Kier alpha value is -4.28. The maximum atomic E-state index is 13.8. The summed E-state index contributed by atoms with van der Waals surface area (Å²) in [6.07, 6.45) is 0.0930. The second-order valence-corrected chi connectivity index (χ2v) is 6.31. The minimum Gasteiger partial charge on any atom is -0.443 e. The van der Waals surface area contributed by atoms with Crippen LogP contribution < -0.4 is 10.2 Å². The number of hydrazone groups is 1. The van der Waals surface area contributed by atoms with Gasteiger partial charge in [-0.25, -0.2) is 28.2 Å². The van der Waals surface area contributed by atoms with Gasteiger partial charge in [-0.05, 0) is 11.6 Å². The van der Waals surface area contributed by atoms with Gasteiger partial charge in [0.25, 0.3) is 0 Å². The van der Waals surface area contributed by atoms with Gasteiger partial charge >= 0.3 is 12.1 Å². The van der Waals surface area contributed by atoms with Crippen LogP contribution in [0.4, 0.5) is 26.7 Å². The summed E-state index contributed by atoms with van der Waals surface area (Å²) in [6, 6.07) is 14.1. The van der Waals surface area contributed by atoms with Gasteiger partial charge in [-0.1, -0.05) is 48.5 Å². The molecule has 3 rings (SSSR count). The number of amides is 1. The van der Waals surface area contributed by atoms with Crippen molar-refractivity contribution >= 4 is 18.3 Å². The third kappa shape index (κ3) is 5.50. The van der Waals surface area contributed by atoms with Crippen LogP contribution in [0.25, 0.3) is 0 Å². The molecule has 1 amide bonds. The number of nitrogens with one attached hydrogen (secondary N) is 1. The molecule has 11 heteroatoms. The maximum absolute atomic E-state index is 13.8. The summed E-state index contributed by atoms with van der Waals surface area (Å²) in [5, 5.41) is 3.60. The molecule has 0 radical (unpaired) electrons. The summed E-state index contributed by atoms with van der Waals surface area (Å²) in [7, 11) is 0. The summed E-state index contributed by atoms with van der Waals surface area (Å²) in [6.45, 7) is -0.0208. The Labute approximate surface area is 183 Å². The number of hydrogen-bond donors (Lipinski definition) is 1. The molecule has 0 saturated carbocycles. The van der Waals surface area contributed by atoms with E-state index in [1.165, 1.54) is 18.2 Å². The average molecular weight is 464 g/mol. The molecule has 0 atom stereocenters. The Balaban J connectivity index is 1.70. The lowest BCUT2D eigenvalue weighted by Crippen LogP contribution is -2.19. The number of hydrogen-bond acceptors (Lipinski definition) is 5. The Bertz CT molecular complexity index is 1190. The summed E-state index contributed by atoms with van der Waals surface area (Å²) in [5.74, 6) is -14.7. The Morgan fingerprint density at radius 1 is 0.818 bits per heavy atom. The van der Waals surface area contributed by atoms with E-state index in [0.717, 1.165) is 17.8 Å². The van der Waals surface area contributed by atoms with Gasteiger partial charge in [0.2, 0.25) is 34.8 Å². The van der Waals surface area contributed by atoms with Crippen LogP contribution in [0.2, 0.25) is 0 Å². The van der Waals surface area contributed by atoms with Crippen LogP contribution in [0.1, 0.15) is 21.5 Å². The van der Waals surface area contributed by atoms with Crippen LogP contribution in [0.15, 0.2) is 59.7 Å². The van der Waals surface area contributed by atoms with Crippen molar-refractivity contribution in [2.24, 2.45) is 5.10 Å². The highest BCUT2D eigenvalue weighted by molar-refractivity contribution is 6.00. The van der Waals surface area contributed by atoms with Gasteiger partial charge in [-0.15, -0.1) is 0 Å². The molecule has 3 aromatic rings. The molecular formula is C22H13F5N2O4. The minimum atomic E-state index is -2.39. The fourth-order valence-electron chi connectivity index (χ4n) is 2.53. The fraction of sp³-hybridized carbons (Fsp3) is 0.0455. The van der Waals surface area contributed by atoms with Gasteiger partial charge in [0, 0.05) is 5.56 Å². The molecule has 0 bridgehead atoms. The van der Waals surface area contributed by atoms with E-state index in [1.54, 1.807) is 30.3 Å². The highest BCUT2D eigenvalue weighted by atomic mass is 19.2. The van der Waals surface area contributed by atoms with Gasteiger partial charge in [0.15, 0.2) is 0 Å².